The highest BCUT2D eigenvalue weighted by Gasteiger charge is 2.35. The molecule has 2 aromatic carbocycles. The van der Waals surface area contributed by atoms with Crippen LogP contribution in [0.15, 0.2) is 36.4 Å². The van der Waals surface area contributed by atoms with Crippen molar-refractivity contribution in [1.82, 2.24) is 9.88 Å². The Labute approximate surface area is 208 Å². The Balaban J connectivity index is 1.93. The topological polar surface area (TPSA) is 60.9 Å². The minimum Gasteiger partial charge on any atom is -0.493 e. The van der Waals surface area contributed by atoms with E-state index in [2.05, 4.69) is 43.9 Å². The summed E-state index contributed by atoms with van der Waals surface area (Å²) in [6.07, 6.45) is 3.82. The third-order valence-electron chi connectivity index (χ3n) is 7.05. The van der Waals surface area contributed by atoms with Gasteiger partial charge in [0.2, 0.25) is 11.7 Å². The standard InChI is InChI=1S/C29H36N2O4/c1-7-19(8-2)29(32)31(21-13-14-21)17-20-15-23-24(16-25(33-4)28(35-6)27(23)34-5)30-26(20)22-12-10-9-11-18(22)3/h9-12,15-16,19,21H,7-8,13-14,17H2,1-6H3. The minimum atomic E-state index is 0.0461. The van der Waals surface area contributed by atoms with Crippen molar-refractivity contribution < 1.29 is 19.0 Å². The van der Waals surface area contributed by atoms with Crippen LogP contribution >= 0.6 is 0 Å². The quantitative estimate of drug-likeness (QED) is 0.351. The van der Waals surface area contributed by atoms with Crippen molar-refractivity contribution in [3.8, 4) is 28.5 Å². The summed E-state index contributed by atoms with van der Waals surface area (Å²) in [7, 11) is 4.83. The molecule has 1 fully saturated rings. The number of carbonyl (C=O) groups excluding carboxylic acids is 1. The van der Waals surface area contributed by atoms with E-state index in [4.69, 9.17) is 19.2 Å². The first-order valence-corrected chi connectivity index (χ1v) is 12.5. The highest BCUT2D eigenvalue weighted by molar-refractivity contribution is 5.93. The Morgan fingerprint density at radius 3 is 2.29 bits per heavy atom. The average Bonchev–Trinajstić information content (AvgIpc) is 3.72. The average molecular weight is 477 g/mol. The van der Waals surface area contributed by atoms with Crippen LogP contribution < -0.4 is 14.2 Å². The summed E-state index contributed by atoms with van der Waals surface area (Å²) in [6.45, 7) is 6.80. The van der Waals surface area contributed by atoms with Crippen LogP contribution in [-0.4, -0.2) is 43.2 Å². The zero-order valence-corrected chi connectivity index (χ0v) is 21.7. The molecule has 6 nitrogen and oxygen atoms in total. The monoisotopic (exact) mass is 476 g/mol. The van der Waals surface area contributed by atoms with Crippen LogP contribution in [0.4, 0.5) is 0 Å². The Morgan fingerprint density at radius 1 is 1.03 bits per heavy atom. The van der Waals surface area contributed by atoms with Crippen molar-refractivity contribution >= 4 is 16.8 Å². The molecule has 0 radical (unpaired) electrons. The number of ether oxygens (including phenoxy) is 3. The SMILES string of the molecule is CCC(CC)C(=O)N(Cc1cc2c(OC)c(OC)c(OC)cc2nc1-c1ccccc1C)C1CC1. The van der Waals surface area contributed by atoms with Crippen molar-refractivity contribution in [2.75, 3.05) is 21.3 Å². The lowest BCUT2D eigenvalue weighted by Crippen LogP contribution is -2.37. The van der Waals surface area contributed by atoms with Gasteiger partial charge in [-0.15, -0.1) is 0 Å². The van der Waals surface area contributed by atoms with Gasteiger partial charge in [0, 0.05) is 35.5 Å². The van der Waals surface area contributed by atoms with Gasteiger partial charge in [0.1, 0.15) is 0 Å². The maximum atomic E-state index is 13.5. The summed E-state index contributed by atoms with van der Waals surface area (Å²) in [5.41, 5.74) is 4.84. The van der Waals surface area contributed by atoms with Crippen molar-refractivity contribution in [2.24, 2.45) is 5.92 Å². The summed E-state index contributed by atoms with van der Waals surface area (Å²) in [6, 6.07) is 12.5. The summed E-state index contributed by atoms with van der Waals surface area (Å²) in [5.74, 6) is 1.97. The van der Waals surface area contributed by atoms with Crippen LogP contribution in [0.1, 0.15) is 50.7 Å². The smallest absolute Gasteiger partial charge is 0.226 e. The molecule has 1 aliphatic carbocycles. The molecule has 0 unspecified atom stereocenters. The molecule has 0 atom stereocenters. The first-order valence-electron chi connectivity index (χ1n) is 12.5. The fourth-order valence-corrected chi connectivity index (χ4v) is 4.85. The van der Waals surface area contributed by atoms with Gasteiger partial charge >= 0.3 is 0 Å². The fourth-order valence-electron chi connectivity index (χ4n) is 4.85. The summed E-state index contributed by atoms with van der Waals surface area (Å²) in [5, 5.41) is 0.836. The molecule has 0 aliphatic heterocycles. The molecule has 0 saturated heterocycles. The van der Waals surface area contributed by atoms with Gasteiger partial charge in [-0.1, -0.05) is 38.1 Å². The molecule has 0 spiro atoms. The number of carbonyl (C=O) groups is 1. The number of fused-ring (bicyclic) bond motifs is 1. The number of aryl methyl sites for hydroxylation is 1. The molecule has 1 saturated carbocycles. The predicted molar refractivity (Wildman–Crippen MR) is 139 cm³/mol. The highest BCUT2D eigenvalue weighted by atomic mass is 16.5. The number of amides is 1. The molecule has 6 heteroatoms. The van der Waals surface area contributed by atoms with Crippen LogP contribution in [0, 0.1) is 12.8 Å². The molecular weight excluding hydrogens is 440 g/mol. The lowest BCUT2D eigenvalue weighted by Gasteiger charge is -2.28. The van der Waals surface area contributed by atoms with Gasteiger partial charge in [0.15, 0.2) is 11.5 Å². The molecule has 35 heavy (non-hydrogen) atoms. The summed E-state index contributed by atoms with van der Waals surface area (Å²) >= 11 is 0. The second-order valence-electron chi connectivity index (χ2n) is 9.23. The number of benzene rings is 2. The molecule has 0 N–H and O–H groups in total. The molecule has 4 rings (SSSR count). The van der Waals surface area contributed by atoms with Crippen molar-refractivity contribution in [3.63, 3.8) is 0 Å². The number of hydrogen-bond acceptors (Lipinski definition) is 5. The second-order valence-corrected chi connectivity index (χ2v) is 9.23. The highest BCUT2D eigenvalue weighted by Crippen LogP contribution is 2.44. The van der Waals surface area contributed by atoms with E-state index in [0.717, 1.165) is 59.0 Å². The van der Waals surface area contributed by atoms with Gasteiger partial charge in [-0.3, -0.25) is 4.79 Å². The lowest BCUT2D eigenvalue weighted by atomic mass is 9.97. The zero-order chi connectivity index (χ0) is 25.1. The second kappa shape index (κ2) is 10.5. The minimum absolute atomic E-state index is 0.0461. The van der Waals surface area contributed by atoms with Gasteiger partial charge in [0.05, 0.1) is 32.5 Å². The van der Waals surface area contributed by atoms with E-state index in [1.54, 1.807) is 21.3 Å². The van der Waals surface area contributed by atoms with Crippen LogP contribution in [0.2, 0.25) is 0 Å². The van der Waals surface area contributed by atoms with E-state index in [1.807, 2.05) is 18.2 Å². The molecular formula is C29H36N2O4. The van der Waals surface area contributed by atoms with Crippen LogP contribution in [0.3, 0.4) is 0 Å². The number of methoxy groups -OCH3 is 3. The van der Waals surface area contributed by atoms with Gasteiger partial charge in [-0.2, -0.15) is 0 Å². The summed E-state index contributed by atoms with van der Waals surface area (Å²) < 4.78 is 17.0. The Bertz CT molecular complexity index is 1220. The van der Waals surface area contributed by atoms with E-state index in [-0.39, 0.29) is 11.8 Å². The largest absolute Gasteiger partial charge is 0.493 e. The van der Waals surface area contributed by atoms with Crippen molar-refractivity contribution in [1.29, 1.82) is 0 Å². The van der Waals surface area contributed by atoms with E-state index >= 15 is 0 Å². The van der Waals surface area contributed by atoms with Gasteiger partial charge < -0.3 is 19.1 Å². The zero-order valence-electron chi connectivity index (χ0n) is 21.7. The van der Waals surface area contributed by atoms with Gasteiger partial charge in [-0.05, 0) is 49.8 Å². The predicted octanol–water partition coefficient (Wildman–Crippen LogP) is 6.16. The van der Waals surface area contributed by atoms with Crippen LogP contribution in [0.5, 0.6) is 17.2 Å². The molecule has 1 aromatic heterocycles. The van der Waals surface area contributed by atoms with E-state index in [1.165, 1.54) is 0 Å². The molecule has 1 heterocycles. The molecule has 0 bridgehead atoms. The number of pyridine rings is 1. The molecule has 1 amide bonds. The molecule has 186 valence electrons. The van der Waals surface area contributed by atoms with E-state index in [0.29, 0.717) is 29.8 Å². The van der Waals surface area contributed by atoms with E-state index < -0.39 is 0 Å². The number of aromatic nitrogens is 1. The molecule has 1 aliphatic rings. The maximum absolute atomic E-state index is 13.5. The number of rotatable bonds is 10. The van der Waals surface area contributed by atoms with Crippen LogP contribution in [0.25, 0.3) is 22.2 Å². The third kappa shape index (κ3) is 4.79. The third-order valence-corrected chi connectivity index (χ3v) is 7.05. The molecule has 3 aromatic rings. The van der Waals surface area contributed by atoms with Crippen molar-refractivity contribution in [3.05, 3.63) is 47.5 Å². The first kappa shape index (κ1) is 24.8. The summed E-state index contributed by atoms with van der Waals surface area (Å²) in [4.78, 5) is 20.7. The van der Waals surface area contributed by atoms with Crippen molar-refractivity contribution in [2.45, 2.75) is 59.0 Å². The maximum Gasteiger partial charge on any atom is 0.226 e. The Hall–Kier alpha value is -3.28. The van der Waals surface area contributed by atoms with E-state index in [9.17, 15) is 4.79 Å². The van der Waals surface area contributed by atoms with Gasteiger partial charge in [-0.25, -0.2) is 4.98 Å². The Morgan fingerprint density at radius 2 is 1.71 bits per heavy atom. The normalized spacial score (nSPS) is 13.2. The van der Waals surface area contributed by atoms with Crippen LogP contribution in [-0.2, 0) is 11.3 Å². The fraction of sp³-hybridized carbons (Fsp3) is 0.448. The first-order chi connectivity index (χ1) is 17.0. The number of nitrogens with zero attached hydrogens (tertiary/aromatic N) is 2. The van der Waals surface area contributed by atoms with Gasteiger partial charge in [0.25, 0.3) is 0 Å². The lowest BCUT2D eigenvalue weighted by molar-refractivity contribution is -0.137. The Kier molecular flexibility index (Phi) is 7.48. The number of hydrogen-bond donors (Lipinski definition) is 0.